The molecule has 0 bridgehead atoms. The van der Waals surface area contributed by atoms with Crippen molar-refractivity contribution in [3.8, 4) is 0 Å². The van der Waals surface area contributed by atoms with E-state index in [0.29, 0.717) is 31.2 Å². The summed E-state index contributed by atoms with van der Waals surface area (Å²) >= 11 is 0. The van der Waals surface area contributed by atoms with Gasteiger partial charge in [-0.3, -0.25) is 4.79 Å². The summed E-state index contributed by atoms with van der Waals surface area (Å²) < 4.78 is 39.1. The van der Waals surface area contributed by atoms with Crippen molar-refractivity contribution in [2.75, 3.05) is 26.2 Å². The minimum Gasteiger partial charge on any atom is -0.357 e. The molecule has 0 aliphatic heterocycles. The fourth-order valence-corrected chi connectivity index (χ4v) is 3.20. The van der Waals surface area contributed by atoms with Crippen molar-refractivity contribution < 1.29 is 18.0 Å². The molecule has 1 aliphatic carbocycles. The Bertz CT molecular complexity index is 669. The lowest BCUT2D eigenvalue weighted by molar-refractivity contribution is -0.137. The molecule has 150 valence electrons. The van der Waals surface area contributed by atoms with Gasteiger partial charge in [-0.1, -0.05) is 24.6 Å². The number of halogens is 3. The van der Waals surface area contributed by atoms with Crippen LogP contribution in [0.4, 0.5) is 13.2 Å². The second-order valence-corrected chi connectivity index (χ2v) is 6.71. The predicted molar refractivity (Wildman–Crippen MR) is 99.6 cm³/mol. The average molecular weight is 384 g/mol. The largest absolute Gasteiger partial charge is 0.416 e. The van der Waals surface area contributed by atoms with Gasteiger partial charge in [-0.25, -0.2) is 4.99 Å². The highest BCUT2D eigenvalue weighted by molar-refractivity contribution is 5.84. The molecule has 5 nitrogen and oxygen atoms in total. The molecule has 0 spiro atoms. The van der Waals surface area contributed by atoms with Gasteiger partial charge in [0.05, 0.1) is 5.56 Å². The van der Waals surface area contributed by atoms with E-state index in [-0.39, 0.29) is 17.9 Å². The van der Waals surface area contributed by atoms with Crippen LogP contribution in [0.15, 0.2) is 29.3 Å². The van der Waals surface area contributed by atoms with E-state index in [9.17, 15) is 18.0 Å². The highest BCUT2D eigenvalue weighted by atomic mass is 19.4. The molecule has 2 rings (SSSR count). The number of nitrogens with zero attached hydrogens (tertiary/aromatic N) is 1. The Morgan fingerprint density at radius 3 is 2.41 bits per heavy atom. The van der Waals surface area contributed by atoms with Gasteiger partial charge in [0.1, 0.15) is 6.54 Å². The summed E-state index contributed by atoms with van der Waals surface area (Å²) in [6, 6.07) is 5.57. The Hall–Kier alpha value is -2.25. The van der Waals surface area contributed by atoms with E-state index in [0.717, 1.165) is 25.3 Å². The summed E-state index contributed by atoms with van der Waals surface area (Å²) in [7, 11) is 0. The molecule has 1 amide bonds. The maximum atomic E-state index is 13.0. The first kappa shape index (κ1) is 21.1. The molecule has 1 aromatic carbocycles. The summed E-state index contributed by atoms with van der Waals surface area (Å²) in [5, 5.41) is 8.94. The van der Waals surface area contributed by atoms with E-state index >= 15 is 0 Å². The van der Waals surface area contributed by atoms with Gasteiger partial charge in [-0.2, -0.15) is 13.2 Å². The van der Waals surface area contributed by atoms with Crippen LogP contribution in [0, 0.1) is 0 Å². The Morgan fingerprint density at radius 1 is 1.15 bits per heavy atom. The zero-order chi connectivity index (χ0) is 19.9. The first-order chi connectivity index (χ1) is 12.8. The summed E-state index contributed by atoms with van der Waals surface area (Å²) in [4.78, 5) is 15.8. The molecule has 8 heteroatoms. The van der Waals surface area contributed by atoms with Crippen molar-refractivity contribution in [2.45, 2.75) is 44.7 Å². The molecular weight excluding hydrogens is 357 g/mol. The minimum absolute atomic E-state index is 0.000266. The molecule has 0 unspecified atom stereocenters. The quantitative estimate of drug-likeness (QED) is 0.500. The number of alkyl halides is 3. The second-order valence-electron chi connectivity index (χ2n) is 6.71. The van der Waals surface area contributed by atoms with Gasteiger partial charge >= 0.3 is 6.18 Å². The van der Waals surface area contributed by atoms with Gasteiger partial charge < -0.3 is 16.0 Å². The van der Waals surface area contributed by atoms with Crippen LogP contribution < -0.4 is 16.0 Å². The number of hydrogen-bond acceptors (Lipinski definition) is 2. The standard InChI is InChI=1S/C19H27F3N4O/c1-3-23-16(27)12-25-17(24-4-2)26-13-18(9-6-10-18)14-7-5-8-15(11-14)19(20,21)22/h5,7-8,11H,3-4,6,9-10,12-13H2,1-2H3,(H,23,27)(H2,24,25,26). The van der Waals surface area contributed by atoms with Crippen LogP contribution in [0.5, 0.6) is 0 Å². The number of nitrogens with one attached hydrogen (secondary N) is 3. The topological polar surface area (TPSA) is 65.5 Å². The maximum Gasteiger partial charge on any atom is 0.416 e. The molecule has 1 aliphatic rings. The molecule has 1 fully saturated rings. The van der Waals surface area contributed by atoms with Crippen LogP contribution in [0.25, 0.3) is 0 Å². The molecule has 0 radical (unpaired) electrons. The van der Waals surface area contributed by atoms with E-state index in [2.05, 4.69) is 20.9 Å². The summed E-state index contributed by atoms with van der Waals surface area (Å²) in [6.07, 6.45) is -1.74. The van der Waals surface area contributed by atoms with Crippen LogP contribution in [-0.4, -0.2) is 38.0 Å². The lowest BCUT2D eigenvalue weighted by atomic mass is 9.64. The smallest absolute Gasteiger partial charge is 0.357 e. The predicted octanol–water partition coefficient (Wildman–Crippen LogP) is 2.82. The van der Waals surface area contributed by atoms with Crippen molar-refractivity contribution in [2.24, 2.45) is 4.99 Å². The first-order valence-electron chi connectivity index (χ1n) is 9.27. The number of benzene rings is 1. The van der Waals surface area contributed by atoms with E-state index in [1.165, 1.54) is 12.1 Å². The second kappa shape index (κ2) is 9.10. The molecule has 0 heterocycles. The van der Waals surface area contributed by atoms with Crippen molar-refractivity contribution >= 4 is 11.9 Å². The molecule has 0 atom stereocenters. The number of carbonyl (C=O) groups excluding carboxylic acids is 1. The lowest BCUT2D eigenvalue weighted by Gasteiger charge is -2.43. The summed E-state index contributed by atoms with van der Waals surface area (Å²) in [5.41, 5.74) is -0.276. The summed E-state index contributed by atoms with van der Waals surface area (Å²) in [6.45, 7) is 5.37. The zero-order valence-corrected chi connectivity index (χ0v) is 15.7. The van der Waals surface area contributed by atoms with Gasteiger partial charge in [0.2, 0.25) is 5.91 Å². The number of amides is 1. The fourth-order valence-electron chi connectivity index (χ4n) is 3.20. The van der Waals surface area contributed by atoms with E-state index in [1.807, 2.05) is 13.8 Å². The zero-order valence-electron chi connectivity index (χ0n) is 15.7. The molecule has 0 saturated heterocycles. The van der Waals surface area contributed by atoms with Crippen molar-refractivity contribution in [1.82, 2.24) is 16.0 Å². The number of likely N-dealkylation sites (N-methyl/N-ethyl adjacent to an activating group) is 1. The lowest BCUT2D eigenvalue weighted by Crippen LogP contribution is -2.49. The monoisotopic (exact) mass is 384 g/mol. The molecule has 1 aromatic rings. The van der Waals surface area contributed by atoms with Crippen LogP contribution in [-0.2, 0) is 16.4 Å². The van der Waals surface area contributed by atoms with Gasteiger partial charge in [0, 0.05) is 25.0 Å². The molecule has 27 heavy (non-hydrogen) atoms. The number of aliphatic imine (C=N–C) groups is 1. The van der Waals surface area contributed by atoms with E-state index in [1.54, 1.807) is 6.07 Å². The van der Waals surface area contributed by atoms with Crippen molar-refractivity contribution in [3.05, 3.63) is 35.4 Å². The van der Waals surface area contributed by atoms with Crippen molar-refractivity contribution in [3.63, 3.8) is 0 Å². The van der Waals surface area contributed by atoms with Crippen LogP contribution in [0.3, 0.4) is 0 Å². The molecule has 1 saturated carbocycles. The Balaban J connectivity index is 2.10. The molecule has 3 N–H and O–H groups in total. The molecule has 0 aromatic heterocycles. The average Bonchev–Trinajstić information content (AvgIpc) is 2.58. The first-order valence-corrected chi connectivity index (χ1v) is 9.27. The highest BCUT2D eigenvalue weighted by Gasteiger charge is 2.40. The van der Waals surface area contributed by atoms with Gasteiger partial charge in [0.15, 0.2) is 5.96 Å². The van der Waals surface area contributed by atoms with Crippen LogP contribution >= 0.6 is 0 Å². The van der Waals surface area contributed by atoms with Crippen molar-refractivity contribution in [1.29, 1.82) is 0 Å². The van der Waals surface area contributed by atoms with Gasteiger partial charge in [0.25, 0.3) is 0 Å². The number of hydrogen-bond donors (Lipinski definition) is 3. The minimum atomic E-state index is -4.35. The SMILES string of the molecule is CCNC(=O)CN=C(NCC)NCC1(c2cccc(C(F)(F)F)c2)CCC1. The van der Waals surface area contributed by atoms with Crippen LogP contribution in [0.1, 0.15) is 44.2 Å². The maximum absolute atomic E-state index is 13.0. The third-order valence-electron chi connectivity index (χ3n) is 4.81. The fraction of sp³-hybridized carbons (Fsp3) is 0.579. The summed E-state index contributed by atoms with van der Waals surface area (Å²) in [5.74, 6) is 0.313. The van der Waals surface area contributed by atoms with Gasteiger partial charge in [-0.05, 0) is 38.3 Å². The normalized spacial score (nSPS) is 16.4. The Morgan fingerprint density at radius 2 is 1.85 bits per heavy atom. The van der Waals surface area contributed by atoms with Crippen LogP contribution in [0.2, 0.25) is 0 Å². The number of guanidine groups is 1. The highest BCUT2D eigenvalue weighted by Crippen LogP contribution is 2.44. The van der Waals surface area contributed by atoms with Gasteiger partial charge in [-0.15, -0.1) is 0 Å². The van der Waals surface area contributed by atoms with E-state index < -0.39 is 11.7 Å². The van der Waals surface area contributed by atoms with E-state index in [4.69, 9.17) is 0 Å². The Labute approximate surface area is 157 Å². The number of carbonyl (C=O) groups is 1. The Kier molecular flexibility index (Phi) is 7.10. The molecular formula is C19H27F3N4O. The number of rotatable bonds is 7. The third-order valence-corrected chi connectivity index (χ3v) is 4.81. The third kappa shape index (κ3) is 5.61.